The standard InChI is InChI=1S/C35H49N13O24P4S/c1-44(2)19(50)7-14-17(69-31(22(14)51)48-13-45(3)21-29(48)42-34(37)43-30(21)54)10-77-76(62,63)72-75(60,61)71-74(58,59)66-9-16-25(26(64-4)33(68-16)47-12-40-20-27(36)38-11-39-28(20)47)70-73(56,57)65-8-15-23(52)24(53)32(67-15)46-6-5-18(49)41-35(46)55/h5-6,11-17,22-26,31-33,51-53H,7-10H2,1-4H3,(H9-,36,37,38,39,41,42,43,49,54,55,56,57,58,59,60,61,62,63)/t14-,15-,16-,17-,22-,23-,24-,25-,26-,31-,32-,33-/m1/s1. The summed E-state index contributed by atoms with van der Waals surface area (Å²) in [5.74, 6) is -2.70. The molecule has 3 aliphatic heterocycles. The summed E-state index contributed by atoms with van der Waals surface area (Å²) in [6.45, 7) is -7.82. The monoisotopic (exact) mass is 1190 g/mol. The van der Waals surface area contributed by atoms with E-state index in [1.165, 1.54) is 46.1 Å². The molecule has 3 aliphatic rings. The highest BCUT2D eigenvalue weighted by atomic mass is 32.7. The van der Waals surface area contributed by atoms with Crippen molar-refractivity contribution >= 4 is 81.6 Å². The Hall–Kier alpha value is -4.72. The van der Waals surface area contributed by atoms with Crippen molar-refractivity contribution in [2.75, 3.05) is 51.6 Å². The number of aliphatic hydroxyl groups is 3. The fraction of sp³-hybridized carbons (Fsp3) is 0.571. The molecule has 37 nitrogen and oxygen atoms in total. The molecule has 0 radical (unpaired) electrons. The Labute approximate surface area is 433 Å². The van der Waals surface area contributed by atoms with Crippen LogP contribution in [0.3, 0.4) is 0 Å². The number of methoxy groups -OCH3 is 1. The number of anilines is 2. The summed E-state index contributed by atoms with van der Waals surface area (Å²) in [5.41, 5.74) is 9.21. The van der Waals surface area contributed by atoms with Crippen molar-refractivity contribution in [3.63, 3.8) is 0 Å². The fourth-order valence-corrected chi connectivity index (χ4v) is 15.5. The molecule has 16 atom stereocenters. The number of hydrogen-bond donors (Lipinski definition) is 10. The van der Waals surface area contributed by atoms with Gasteiger partial charge < -0.3 is 79.3 Å². The summed E-state index contributed by atoms with van der Waals surface area (Å²) in [7, 11) is -12.4. The van der Waals surface area contributed by atoms with E-state index in [1.807, 2.05) is 4.98 Å². The first-order valence-electron chi connectivity index (χ1n) is 22.1. The van der Waals surface area contributed by atoms with Gasteiger partial charge >= 0.3 is 33.8 Å². The third-order valence-corrected chi connectivity index (χ3v) is 19.6. The van der Waals surface area contributed by atoms with E-state index < -0.39 is 152 Å². The molecule has 4 unspecified atom stereocenters. The van der Waals surface area contributed by atoms with Gasteiger partial charge in [0.1, 0.15) is 54.6 Å². The van der Waals surface area contributed by atoms with Gasteiger partial charge in [-0.15, -0.1) is 0 Å². The van der Waals surface area contributed by atoms with Crippen LogP contribution in [0.5, 0.6) is 0 Å². The molecule has 8 heterocycles. The number of hydrogen-bond acceptors (Lipinski definition) is 28. The predicted octanol–water partition coefficient (Wildman–Crippen LogP) is -4.06. The van der Waals surface area contributed by atoms with Crippen LogP contribution in [0.15, 0.2) is 45.6 Å². The van der Waals surface area contributed by atoms with Crippen molar-refractivity contribution < 1.29 is 104 Å². The molecular formula is C35H49N13O24P4S. The Kier molecular flexibility index (Phi) is 17.0. The number of carbonyl (C=O) groups excluding carboxylic acids is 1. The van der Waals surface area contributed by atoms with Gasteiger partial charge in [-0.1, -0.05) is 4.98 Å². The van der Waals surface area contributed by atoms with Gasteiger partial charge in [-0.3, -0.25) is 47.1 Å². The highest BCUT2D eigenvalue weighted by Crippen LogP contribution is 2.71. The number of nitrogens with one attached hydrogen (secondary N) is 2. The second kappa shape index (κ2) is 22.4. The molecule has 1 amide bonds. The number of carbonyl (C=O) groups is 1. The van der Waals surface area contributed by atoms with Gasteiger partial charge in [0.05, 0.1) is 32.7 Å². The number of H-pyrrole nitrogens is 2. The Morgan fingerprint density at radius 3 is 2.29 bits per heavy atom. The molecular weight excluding hydrogens is 1140 g/mol. The predicted molar refractivity (Wildman–Crippen MR) is 253 cm³/mol. The summed E-state index contributed by atoms with van der Waals surface area (Å²) in [5, 5.41) is 32.8. The van der Waals surface area contributed by atoms with Crippen molar-refractivity contribution in [1.29, 1.82) is 0 Å². The van der Waals surface area contributed by atoms with Crippen molar-refractivity contribution in [3.8, 4) is 0 Å². The number of imidazole rings is 2. The number of aryl methyl sites for hydroxylation is 1. The first-order chi connectivity index (χ1) is 36.0. The number of nitrogens with zero attached hydrogens (tertiary/aromatic N) is 9. The van der Waals surface area contributed by atoms with E-state index in [4.69, 9.17) is 44.0 Å². The summed E-state index contributed by atoms with van der Waals surface area (Å²) in [6, 6.07) is 0.915. The van der Waals surface area contributed by atoms with Gasteiger partial charge in [-0.2, -0.15) is 8.62 Å². The van der Waals surface area contributed by atoms with Crippen LogP contribution in [-0.4, -0.2) is 173 Å². The summed E-state index contributed by atoms with van der Waals surface area (Å²) >= 11 is -0.0680. The maximum absolute atomic E-state index is 13.5. The minimum absolute atomic E-state index is 0.00758. The third kappa shape index (κ3) is 12.7. The molecule has 424 valence electrons. The van der Waals surface area contributed by atoms with E-state index in [2.05, 4.69) is 33.5 Å². The topological polar surface area (TPSA) is 521 Å². The first-order valence-corrected chi connectivity index (χ1v) is 29.7. The Bertz CT molecular complexity index is 3420. The highest BCUT2D eigenvalue weighted by Gasteiger charge is 2.53. The molecule has 42 heteroatoms. The van der Waals surface area contributed by atoms with E-state index in [1.54, 1.807) is 0 Å². The number of rotatable bonds is 21. The molecule has 12 N–H and O–H groups in total. The number of phosphoric ester groups is 2. The molecule has 3 saturated heterocycles. The molecule has 3 fully saturated rings. The van der Waals surface area contributed by atoms with Crippen LogP contribution in [0.25, 0.3) is 22.3 Å². The van der Waals surface area contributed by atoms with Gasteiger partial charge in [-0.05, 0) is 11.4 Å². The lowest BCUT2D eigenvalue weighted by molar-refractivity contribution is -0.745. The lowest BCUT2D eigenvalue weighted by atomic mass is 9.94. The molecule has 0 aliphatic carbocycles. The quantitative estimate of drug-likeness (QED) is 0.0247. The summed E-state index contributed by atoms with van der Waals surface area (Å²) < 4.78 is 105. The van der Waals surface area contributed by atoms with Crippen LogP contribution in [0.4, 0.5) is 11.8 Å². The lowest BCUT2D eigenvalue weighted by Gasteiger charge is -2.31. The number of phosphoric acid groups is 3. The lowest BCUT2D eigenvalue weighted by Crippen LogP contribution is -2.45. The first kappa shape index (κ1) is 58.4. The second-order valence-electron chi connectivity index (χ2n) is 17.4. The smallest absolute Gasteiger partial charge is 0.488 e. The maximum atomic E-state index is 13.5. The van der Waals surface area contributed by atoms with E-state index in [9.17, 15) is 72.3 Å². The normalized spacial score (nSPS) is 29.8. The molecule has 0 spiro atoms. The van der Waals surface area contributed by atoms with Gasteiger partial charge in [-0.25, -0.2) is 38.0 Å². The van der Waals surface area contributed by atoms with Gasteiger partial charge in [0, 0.05) is 51.6 Å². The van der Waals surface area contributed by atoms with E-state index in [0.29, 0.717) is 4.57 Å². The van der Waals surface area contributed by atoms with Crippen LogP contribution in [0, 0.1) is 5.92 Å². The SMILES string of the molecule is CO[C@@H]1[C@H](OP(=O)([O-])OC[C@H]2O[C@@H](n3ccc(=O)[nH]c3=O)[C@H](O)[C@@H]2O)[C@@H](COP(=O)(O)OP(=O)(O)OP(=O)(O)SC[C@H]2O[C@@H]([n+]3cn(C)c4c(=O)[nH]c(N)nc43)[C@H](O)[C@@H]2CC(=O)N(C)C)O[C@H]1n1cnc2c(N)ncnc21. The number of aromatic nitrogens is 10. The number of nitrogen functional groups attached to an aromatic ring is 2. The molecule has 5 aromatic heterocycles. The van der Waals surface area contributed by atoms with Crippen molar-refractivity contribution in [1.82, 2.24) is 48.5 Å². The average Bonchev–Trinajstić information content (AvgIpc) is 4.13. The van der Waals surface area contributed by atoms with Crippen molar-refractivity contribution in [2.24, 2.45) is 13.0 Å². The van der Waals surface area contributed by atoms with E-state index in [0.717, 1.165) is 32.0 Å². The largest absolute Gasteiger partial charge is 0.756 e. The summed E-state index contributed by atoms with van der Waals surface area (Å²) in [4.78, 5) is 117. The maximum Gasteiger partial charge on any atom is 0.488 e. The second-order valence-corrected chi connectivity index (χ2v) is 25.8. The van der Waals surface area contributed by atoms with Gasteiger partial charge in [0.15, 0.2) is 30.2 Å². The number of aliphatic hydroxyl groups excluding tert-OH is 3. The molecule has 0 saturated carbocycles. The molecule has 0 bridgehead atoms. The molecule has 5 aromatic rings. The molecule has 0 aromatic carbocycles. The Balaban J connectivity index is 0.951. The van der Waals surface area contributed by atoms with E-state index >= 15 is 0 Å². The number of ether oxygens (including phenoxy) is 4. The Morgan fingerprint density at radius 2 is 1.60 bits per heavy atom. The van der Waals surface area contributed by atoms with Crippen LogP contribution < -0.4 is 37.7 Å². The van der Waals surface area contributed by atoms with Crippen LogP contribution >= 0.6 is 41.6 Å². The van der Waals surface area contributed by atoms with Crippen molar-refractivity contribution in [2.45, 2.75) is 73.9 Å². The van der Waals surface area contributed by atoms with Crippen LogP contribution in [-0.2, 0) is 71.2 Å². The minimum Gasteiger partial charge on any atom is -0.756 e. The number of nitrogens with two attached hydrogens (primary N) is 2. The fourth-order valence-electron chi connectivity index (χ4n) is 8.50. The minimum atomic E-state index is -6.14. The van der Waals surface area contributed by atoms with Crippen LogP contribution in [0.1, 0.15) is 25.1 Å². The van der Waals surface area contributed by atoms with Gasteiger partial charge in [0.25, 0.3) is 24.9 Å². The zero-order valence-electron chi connectivity index (χ0n) is 40.1. The van der Waals surface area contributed by atoms with Gasteiger partial charge in [0.2, 0.25) is 17.7 Å². The highest BCUT2D eigenvalue weighted by molar-refractivity contribution is 8.55. The third-order valence-electron chi connectivity index (χ3n) is 12.0. The van der Waals surface area contributed by atoms with Crippen molar-refractivity contribution in [3.05, 3.63) is 62.4 Å². The number of amides is 1. The number of fused-ring (bicyclic) bond motifs is 2. The molecule has 8 rings (SSSR count). The van der Waals surface area contributed by atoms with Crippen LogP contribution in [0.2, 0.25) is 0 Å². The van der Waals surface area contributed by atoms with E-state index in [-0.39, 0.29) is 45.5 Å². The summed E-state index contributed by atoms with van der Waals surface area (Å²) in [6.07, 6.45) is -14.1. The zero-order chi connectivity index (χ0) is 56.3. The molecule has 77 heavy (non-hydrogen) atoms. The zero-order valence-corrected chi connectivity index (χ0v) is 44.4. The number of aromatic amines is 2. The average molecular weight is 1190 g/mol. The Morgan fingerprint density at radius 1 is 0.896 bits per heavy atom.